The van der Waals surface area contributed by atoms with Gasteiger partial charge in [0.1, 0.15) is 6.10 Å². The smallest absolute Gasteiger partial charge is 0.252 e. The highest BCUT2D eigenvalue weighted by Crippen LogP contribution is 2.21. The minimum absolute atomic E-state index is 0.297. The number of alkyl halides is 1. The molecule has 3 nitrogen and oxygen atoms in total. The molecule has 1 amide bonds. The third-order valence-electron chi connectivity index (χ3n) is 2.88. The van der Waals surface area contributed by atoms with Crippen molar-refractivity contribution in [2.75, 3.05) is 13.2 Å². The zero-order valence-corrected chi connectivity index (χ0v) is 8.84. The largest absolute Gasteiger partial charge is 0.383 e. The molecule has 1 aromatic rings. The fourth-order valence-corrected chi connectivity index (χ4v) is 1.94. The molecule has 0 saturated carbocycles. The lowest BCUT2D eigenvalue weighted by Crippen LogP contribution is -2.29. The van der Waals surface area contributed by atoms with Crippen LogP contribution >= 0.6 is 0 Å². The first-order chi connectivity index (χ1) is 7.72. The van der Waals surface area contributed by atoms with Crippen molar-refractivity contribution in [2.24, 2.45) is 5.92 Å². The van der Waals surface area contributed by atoms with Crippen LogP contribution in [0.3, 0.4) is 0 Å². The average molecular weight is 223 g/mol. The molecule has 1 aliphatic heterocycles. The van der Waals surface area contributed by atoms with Crippen molar-refractivity contribution in [2.45, 2.75) is 12.6 Å². The van der Waals surface area contributed by atoms with E-state index < -0.39 is 18.7 Å². The minimum atomic E-state index is -1.17. The van der Waals surface area contributed by atoms with Crippen LogP contribution in [-0.4, -0.2) is 35.2 Å². The monoisotopic (exact) mass is 223 g/mol. The Morgan fingerprint density at radius 3 is 2.62 bits per heavy atom. The second-order valence-corrected chi connectivity index (χ2v) is 4.06. The van der Waals surface area contributed by atoms with E-state index in [4.69, 9.17) is 0 Å². The van der Waals surface area contributed by atoms with Gasteiger partial charge in [-0.05, 0) is 5.56 Å². The van der Waals surface area contributed by atoms with Crippen molar-refractivity contribution in [3.8, 4) is 0 Å². The van der Waals surface area contributed by atoms with Crippen molar-refractivity contribution in [1.29, 1.82) is 0 Å². The molecule has 1 aromatic carbocycles. The second-order valence-electron chi connectivity index (χ2n) is 4.06. The van der Waals surface area contributed by atoms with Crippen molar-refractivity contribution in [3.63, 3.8) is 0 Å². The maximum Gasteiger partial charge on any atom is 0.252 e. The SMILES string of the molecule is O=C1[C@@H](O)[C@H](CF)CN1Cc1ccccc1. The molecule has 0 unspecified atom stereocenters. The fourth-order valence-electron chi connectivity index (χ4n) is 1.94. The van der Waals surface area contributed by atoms with E-state index in [1.165, 1.54) is 4.90 Å². The van der Waals surface area contributed by atoms with Crippen LogP contribution in [0.15, 0.2) is 30.3 Å². The first-order valence-electron chi connectivity index (χ1n) is 5.29. The predicted octanol–water partition coefficient (Wildman–Crippen LogP) is 0.975. The Labute approximate surface area is 93.5 Å². The zero-order chi connectivity index (χ0) is 11.5. The van der Waals surface area contributed by atoms with Gasteiger partial charge in [0.25, 0.3) is 5.91 Å². The number of aliphatic hydroxyl groups is 1. The summed E-state index contributed by atoms with van der Waals surface area (Å²) in [6, 6.07) is 9.48. The van der Waals surface area contributed by atoms with E-state index in [-0.39, 0.29) is 5.91 Å². The molecular weight excluding hydrogens is 209 g/mol. The first kappa shape index (κ1) is 11.1. The third-order valence-corrected chi connectivity index (χ3v) is 2.88. The molecule has 4 heteroatoms. The van der Waals surface area contributed by atoms with E-state index in [0.29, 0.717) is 13.1 Å². The van der Waals surface area contributed by atoms with Gasteiger partial charge in [-0.2, -0.15) is 0 Å². The highest BCUT2D eigenvalue weighted by molar-refractivity contribution is 5.83. The molecule has 16 heavy (non-hydrogen) atoms. The van der Waals surface area contributed by atoms with E-state index >= 15 is 0 Å². The van der Waals surface area contributed by atoms with Gasteiger partial charge in [-0.25, -0.2) is 0 Å². The van der Waals surface area contributed by atoms with Gasteiger partial charge in [0.15, 0.2) is 0 Å². The van der Waals surface area contributed by atoms with Crippen LogP contribution < -0.4 is 0 Å². The number of halogens is 1. The second kappa shape index (κ2) is 4.61. The van der Waals surface area contributed by atoms with E-state index in [1.54, 1.807) is 0 Å². The van der Waals surface area contributed by atoms with Crippen molar-refractivity contribution in [1.82, 2.24) is 4.90 Å². The van der Waals surface area contributed by atoms with Crippen LogP contribution in [0.5, 0.6) is 0 Å². The van der Waals surface area contributed by atoms with Gasteiger partial charge in [0.2, 0.25) is 0 Å². The van der Waals surface area contributed by atoms with Crippen molar-refractivity contribution in [3.05, 3.63) is 35.9 Å². The number of hydrogen-bond acceptors (Lipinski definition) is 2. The van der Waals surface area contributed by atoms with Gasteiger partial charge in [0.05, 0.1) is 6.67 Å². The van der Waals surface area contributed by atoms with E-state index in [2.05, 4.69) is 0 Å². The van der Waals surface area contributed by atoms with Gasteiger partial charge in [0, 0.05) is 19.0 Å². The molecule has 2 rings (SSSR count). The molecule has 1 fully saturated rings. The summed E-state index contributed by atoms with van der Waals surface area (Å²) in [7, 11) is 0. The highest BCUT2D eigenvalue weighted by Gasteiger charge is 2.38. The Hall–Kier alpha value is -1.42. The Bertz CT molecular complexity index is 369. The molecule has 86 valence electrons. The van der Waals surface area contributed by atoms with E-state index in [0.717, 1.165) is 5.56 Å². The number of carbonyl (C=O) groups is 1. The van der Waals surface area contributed by atoms with Crippen LogP contribution in [0.1, 0.15) is 5.56 Å². The van der Waals surface area contributed by atoms with E-state index in [1.807, 2.05) is 30.3 Å². The zero-order valence-electron chi connectivity index (χ0n) is 8.84. The minimum Gasteiger partial charge on any atom is -0.383 e. The summed E-state index contributed by atoms with van der Waals surface area (Å²) in [5, 5.41) is 9.47. The van der Waals surface area contributed by atoms with Gasteiger partial charge in [-0.1, -0.05) is 30.3 Å². The van der Waals surface area contributed by atoms with Crippen molar-refractivity contribution >= 4 is 5.91 Å². The standard InChI is InChI=1S/C12H14FNO2/c13-6-10-8-14(12(16)11(10)15)7-9-4-2-1-3-5-9/h1-5,10-11,15H,6-8H2/t10-,11+/m1/s1. The highest BCUT2D eigenvalue weighted by atomic mass is 19.1. The number of benzene rings is 1. The number of hydrogen-bond donors (Lipinski definition) is 1. The van der Waals surface area contributed by atoms with Crippen LogP contribution in [0.25, 0.3) is 0 Å². The van der Waals surface area contributed by atoms with E-state index in [9.17, 15) is 14.3 Å². The molecule has 0 aromatic heterocycles. The Balaban J connectivity index is 2.04. The molecule has 0 aliphatic carbocycles. The van der Waals surface area contributed by atoms with Crippen LogP contribution in [0, 0.1) is 5.92 Å². The van der Waals surface area contributed by atoms with Crippen LogP contribution in [-0.2, 0) is 11.3 Å². The summed E-state index contributed by atoms with van der Waals surface area (Å²) in [5.41, 5.74) is 0.988. The molecule has 1 heterocycles. The fraction of sp³-hybridized carbons (Fsp3) is 0.417. The van der Waals surface area contributed by atoms with Gasteiger partial charge in [-0.15, -0.1) is 0 Å². The summed E-state index contributed by atoms with van der Waals surface area (Å²) in [6.07, 6.45) is -1.17. The lowest BCUT2D eigenvalue weighted by atomic mass is 10.1. The summed E-state index contributed by atoms with van der Waals surface area (Å²) in [6.45, 7) is 0.0802. The predicted molar refractivity (Wildman–Crippen MR) is 57.3 cm³/mol. The molecular formula is C12H14FNO2. The topological polar surface area (TPSA) is 40.5 Å². The maximum absolute atomic E-state index is 12.5. The quantitative estimate of drug-likeness (QED) is 0.829. The first-order valence-corrected chi connectivity index (χ1v) is 5.29. The molecule has 1 N–H and O–H groups in total. The summed E-state index contributed by atoms with van der Waals surface area (Å²) in [5.74, 6) is -0.942. The molecule has 0 radical (unpaired) electrons. The number of carbonyl (C=O) groups excluding carboxylic acids is 1. The maximum atomic E-state index is 12.5. The lowest BCUT2D eigenvalue weighted by Gasteiger charge is -2.15. The lowest BCUT2D eigenvalue weighted by molar-refractivity contribution is -0.135. The van der Waals surface area contributed by atoms with Crippen molar-refractivity contribution < 1.29 is 14.3 Å². The normalized spacial score (nSPS) is 25.1. The molecule has 1 saturated heterocycles. The van der Waals surface area contributed by atoms with Gasteiger partial charge >= 0.3 is 0 Å². The number of aliphatic hydroxyl groups excluding tert-OH is 1. The molecule has 2 atom stereocenters. The number of amides is 1. The number of rotatable bonds is 3. The summed E-state index contributed by atoms with van der Waals surface area (Å²) < 4.78 is 12.5. The number of nitrogens with zero attached hydrogens (tertiary/aromatic N) is 1. The van der Waals surface area contributed by atoms with Gasteiger partial charge in [-0.3, -0.25) is 9.18 Å². The Morgan fingerprint density at radius 1 is 1.38 bits per heavy atom. The number of likely N-dealkylation sites (tertiary alicyclic amines) is 1. The summed E-state index contributed by atoms with van der Waals surface area (Å²) in [4.78, 5) is 13.1. The molecule has 0 spiro atoms. The average Bonchev–Trinajstić information content (AvgIpc) is 2.58. The Morgan fingerprint density at radius 2 is 2.06 bits per heavy atom. The van der Waals surface area contributed by atoms with Gasteiger partial charge < -0.3 is 10.0 Å². The third kappa shape index (κ3) is 2.07. The van der Waals surface area contributed by atoms with Crippen LogP contribution in [0.2, 0.25) is 0 Å². The molecule has 0 bridgehead atoms. The molecule has 1 aliphatic rings. The van der Waals surface area contributed by atoms with Crippen LogP contribution in [0.4, 0.5) is 4.39 Å². The Kier molecular flexibility index (Phi) is 3.19. The summed E-state index contributed by atoms with van der Waals surface area (Å²) >= 11 is 0.